The SMILES string of the molecule is N#Cc1ccc(-n2c3ccccc3c3cc(-c4cc5c6c(c4)N(c4cc(-c7ccccc7)cc(-c7ccccc7)c4)c4ccc(-c7ccccc7)cc4B6c4cc(-c6ccccc6)ccc4N5c4cc(-c5ccccc5)cc(-c5ccccc5)c4)ccc32)c(-c2nc(-c3ccccc3)nc(-c3ccccc3)n2)c1. The molecule has 4 heterocycles. The summed E-state index contributed by atoms with van der Waals surface area (Å²) in [4.78, 5) is 20.8. The first-order valence-electron chi connectivity index (χ1n) is 36.6. The van der Waals surface area contributed by atoms with Crippen molar-refractivity contribution in [3.8, 4) is 124 Å². The molecule has 0 bridgehead atoms. The third kappa shape index (κ3) is 11.2. The van der Waals surface area contributed by atoms with Crippen LogP contribution < -0.4 is 26.2 Å². The molecule has 0 radical (unpaired) electrons. The van der Waals surface area contributed by atoms with Crippen LogP contribution in [0.5, 0.6) is 0 Å². The van der Waals surface area contributed by atoms with Crippen molar-refractivity contribution in [2.75, 3.05) is 9.80 Å². The number of benzene rings is 16. The van der Waals surface area contributed by atoms with Crippen molar-refractivity contribution in [1.82, 2.24) is 19.5 Å². The first-order chi connectivity index (χ1) is 53.5. The maximum Gasteiger partial charge on any atom is 0.252 e. The van der Waals surface area contributed by atoms with Gasteiger partial charge in [0.1, 0.15) is 0 Å². The van der Waals surface area contributed by atoms with Gasteiger partial charge in [-0.25, -0.2) is 15.0 Å². The molecular formula is C100H64BN7. The van der Waals surface area contributed by atoms with E-state index in [1.54, 1.807) is 0 Å². The van der Waals surface area contributed by atoms with Crippen LogP contribution in [0.2, 0.25) is 0 Å². The Labute approximate surface area is 627 Å². The van der Waals surface area contributed by atoms with Gasteiger partial charge in [0.15, 0.2) is 17.5 Å². The zero-order valence-corrected chi connectivity index (χ0v) is 58.7. The van der Waals surface area contributed by atoms with Gasteiger partial charge in [-0.1, -0.05) is 291 Å². The van der Waals surface area contributed by atoms with E-state index in [4.69, 9.17) is 15.0 Å². The minimum Gasteiger partial charge on any atom is -0.311 e. The van der Waals surface area contributed by atoms with Crippen LogP contribution in [0.1, 0.15) is 5.56 Å². The van der Waals surface area contributed by atoms with Gasteiger partial charge in [0.05, 0.1) is 28.4 Å². The van der Waals surface area contributed by atoms with Crippen LogP contribution in [0, 0.1) is 11.3 Å². The summed E-state index contributed by atoms with van der Waals surface area (Å²) in [6.45, 7) is -0.246. The van der Waals surface area contributed by atoms with Crippen molar-refractivity contribution in [2.45, 2.75) is 0 Å². The van der Waals surface area contributed by atoms with E-state index in [-0.39, 0.29) is 6.71 Å². The van der Waals surface area contributed by atoms with Gasteiger partial charge in [-0.15, -0.1) is 0 Å². The molecule has 2 aliphatic heterocycles. The highest BCUT2D eigenvalue weighted by Crippen LogP contribution is 2.50. The quantitative estimate of drug-likeness (QED) is 0.107. The van der Waals surface area contributed by atoms with Crippen LogP contribution in [-0.4, -0.2) is 26.2 Å². The number of hydrogen-bond donors (Lipinski definition) is 0. The third-order valence-corrected chi connectivity index (χ3v) is 21.4. The molecule has 0 spiro atoms. The molecule has 108 heavy (non-hydrogen) atoms. The Balaban J connectivity index is 0.876. The van der Waals surface area contributed by atoms with Crippen LogP contribution in [0.3, 0.4) is 0 Å². The molecule has 8 heteroatoms. The predicted octanol–water partition coefficient (Wildman–Crippen LogP) is 23.6. The highest BCUT2D eigenvalue weighted by molar-refractivity contribution is 7.00. The number of nitrogens with zero attached hydrogens (tertiary/aromatic N) is 7. The van der Waals surface area contributed by atoms with E-state index in [0.717, 1.165) is 151 Å². The lowest BCUT2D eigenvalue weighted by Gasteiger charge is -2.45. The smallest absolute Gasteiger partial charge is 0.252 e. The Morgan fingerprint density at radius 1 is 0.241 bits per heavy atom. The fourth-order valence-electron chi connectivity index (χ4n) is 16.3. The number of rotatable bonds is 13. The van der Waals surface area contributed by atoms with Gasteiger partial charge in [-0.2, -0.15) is 5.26 Å². The van der Waals surface area contributed by atoms with Crippen molar-refractivity contribution >= 4 is 79.0 Å². The molecule has 16 aromatic carbocycles. The number of hydrogen-bond acceptors (Lipinski definition) is 6. The monoisotopic (exact) mass is 1370 g/mol. The summed E-state index contributed by atoms with van der Waals surface area (Å²) in [5.41, 5.74) is 31.4. The minimum atomic E-state index is -0.246. The second-order valence-corrected chi connectivity index (χ2v) is 27.8. The fraction of sp³-hybridized carbons (Fsp3) is 0. The summed E-state index contributed by atoms with van der Waals surface area (Å²) < 4.78 is 2.32. The van der Waals surface area contributed by atoms with E-state index >= 15 is 0 Å². The Morgan fingerprint density at radius 3 is 1.01 bits per heavy atom. The third-order valence-electron chi connectivity index (χ3n) is 21.4. The van der Waals surface area contributed by atoms with Crippen LogP contribution >= 0.6 is 0 Å². The van der Waals surface area contributed by atoms with Gasteiger partial charge in [0.2, 0.25) is 0 Å². The molecule has 20 rings (SSSR count). The minimum absolute atomic E-state index is 0.246. The molecule has 0 saturated heterocycles. The van der Waals surface area contributed by atoms with Gasteiger partial charge >= 0.3 is 0 Å². The molecule has 0 amide bonds. The van der Waals surface area contributed by atoms with Crippen molar-refractivity contribution < 1.29 is 0 Å². The zero-order valence-electron chi connectivity index (χ0n) is 58.7. The average Bonchev–Trinajstić information content (AvgIpc) is 0.755. The van der Waals surface area contributed by atoms with Crippen molar-refractivity contribution in [1.29, 1.82) is 5.26 Å². The number of nitriles is 1. The summed E-state index contributed by atoms with van der Waals surface area (Å²) in [5.74, 6) is 1.53. The molecule has 0 unspecified atom stereocenters. The van der Waals surface area contributed by atoms with E-state index in [9.17, 15) is 5.26 Å². The lowest BCUT2D eigenvalue weighted by Crippen LogP contribution is -2.61. The van der Waals surface area contributed by atoms with Crippen molar-refractivity contribution in [3.05, 3.63) is 394 Å². The van der Waals surface area contributed by atoms with Crippen molar-refractivity contribution in [3.63, 3.8) is 0 Å². The summed E-state index contributed by atoms with van der Waals surface area (Å²) in [6, 6.07) is 143. The van der Waals surface area contributed by atoms with Crippen LogP contribution in [0.25, 0.3) is 140 Å². The fourth-order valence-corrected chi connectivity index (χ4v) is 16.3. The van der Waals surface area contributed by atoms with Crippen LogP contribution in [-0.2, 0) is 0 Å². The summed E-state index contributed by atoms with van der Waals surface area (Å²) in [7, 11) is 0. The second-order valence-electron chi connectivity index (χ2n) is 27.8. The first kappa shape index (κ1) is 63.2. The molecule has 502 valence electrons. The number of anilines is 6. The number of aromatic nitrogens is 4. The van der Waals surface area contributed by atoms with Gasteiger partial charge in [0, 0.05) is 61.6 Å². The maximum atomic E-state index is 10.7. The molecule has 0 atom stereocenters. The Morgan fingerprint density at radius 2 is 0.583 bits per heavy atom. The summed E-state index contributed by atoms with van der Waals surface area (Å²) in [6.07, 6.45) is 0. The highest BCUT2D eigenvalue weighted by Gasteiger charge is 2.44. The van der Waals surface area contributed by atoms with Crippen molar-refractivity contribution in [2.24, 2.45) is 0 Å². The van der Waals surface area contributed by atoms with E-state index in [1.807, 2.05) is 78.9 Å². The number of para-hydroxylation sites is 1. The molecule has 18 aromatic rings. The number of fused-ring (bicyclic) bond motifs is 7. The summed E-state index contributed by atoms with van der Waals surface area (Å²) in [5, 5.41) is 12.8. The largest absolute Gasteiger partial charge is 0.311 e. The van der Waals surface area contributed by atoms with Gasteiger partial charge in [-0.3, -0.25) is 0 Å². The molecule has 0 fully saturated rings. The van der Waals surface area contributed by atoms with Crippen LogP contribution in [0.15, 0.2) is 388 Å². The molecular weight excluding hydrogens is 1310 g/mol. The van der Waals surface area contributed by atoms with E-state index in [2.05, 4.69) is 330 Å². The van der Waals surface area contributed by atoms with Gasteiger partial charge in [-0.05, 0) is 191 Å². The zero-order chi connectivity index (χ0) is 71.6. The molecule has 0 N–H and O–H groups in total. The molecule has 2 aromatic heterocycles. The van der Waals surface area contributed by atoms with Gasteiger partial charge in [0.25, 0.3) is 6.71 Å². The Hall–Kier alpha value is -14.5. The first-order valence-corrected chi connectivity index (χ1v) is 36.6. The van der Waals surface area contributed by atoms with E-state index in [0.29, 0.717) is 28.6 Å². The second kappa shape index (κ2) is 26.6. The topological polar surface area (TPSA) is 73.9 Å². The van der Waals surface area contributed by atoms with E-state index in [1.165, 1.54) is 16.4 Å². The lowest BCUT2D eigenvalue weighted by molar-refractivity contribution is 1.06. The van der Waals surface area contributed by atoms with E-state index < -0.39 is 0 Å². The average molecular weight is 1370 g/mol. The predicted molar refractivity (Wildman–Crippen MR) is 447 cm³/mol. The summed E-state index contributed by atoms with van der Waals surface area (Å²) >= 11 is 0. The standard InChI is InChI=1S/C100H64BN7/c102-65-66-45-49-92(87(53-66)100-104-98(73-39-21-7-22-40-73)103-99(105-100)74-41-23-8-24-42-74)108-90-44-26-25-43-85(90)86-60-75(46-50-91(86)108)82-63-95-97-96(64-82)107(84-58-80(71-35-17-5-18-36-71)55-81(59-84)72-37-19-6-20-38-72)94-52-48-77(68-29-11-2-12-30-68)62-89(94)101(97)88-61-76(67-27-9-1-10-28-67)47-51-93(88)106(95)83-56-78(69-31-13-3-14-32-69)54-79(57-83)70-33-15-4-16-34-70/h1-64H. The Bertz CT molecular complexity index is 6130. The van der Waals surface area contributed by atoms with Crippen LogP contribution in [0.4, 0.5) is 34.1 Å². The lowest BCUT2D eigenvalue weighted by atomic mass is 9.33. The molecule has 2 aliphatic rings. The normalized spacial score (nSPS) is 12.0. The Kier molecular flexibility index (Phi) is 15.6. The maximum absolute atomic E-state index is 10.7. The van der Waals surface area contributed by atoms with Gasteiger partial charge < -0.3 is 14.4 Å². The molecule has 0 saturated carbocycles. The molecule has 0 aliphatic carbocycles. The molecule has 7 nitrogen and oxygen atoms in total. The highest BCUT2D eigenvalue weighted by atomic mass is 15.2.